The molecule has 0 saturated heterocycles. The molecule has 3 nitrogen and oxygen atoms in total. The van der Waals surface area contributed by atoms with Crippen LogP contribution in [0.25, 0.3) is 0 Å². The van der Waals surface area contributed by atoms with Crippen LogP contribution in [0.2, 0.25) is 0 Å². The van der Waals surface area contributed by atoms with Crippen molar-refractivity contribution < 1.29 is 14.7 Å². The van der Waals surface area contributed by atoms with Gasteiger partial charge in [-0.05, 0) is 18.6 Å². The minimum absolute atomic E-state index is 0.0373. The van der Waals surface area contributed by atoms with Gasteiger partial charge in [0.1, 0.15) is 11.5 Å². The number of benzene rings is 1. The van der Waals surface area contributed by atoms with E-state index in [1.54, 1.807) is 18.2 Å². The summed E-state index contributed by atoms with van der Waals surface area (Å²) in [5.41, 5.74) is 0.238. The van der Waals surface area contributed by atoms with E-state index in [4.69, 9.17) is 0 Å². The highest BCUT2D eigenvalue weighted by Gasteiger charge is 2.14. The van der Waals surface area contributed by atoms with E-state index in [1.165, 1.54) is 18.9 Å². The quantitative estimate of drug-likeness (QED) is 0.417. The van der Waals surface area contributed by atoms with E-state index >= 15 is 0 Å². The zero-order valence-electron chi connectivity index (χ0n) is 11.5. The minimum Gasteiger partial charge on any atom is -0.507 e. The van der Waals surface area contributed by atoms with Gasteiger partial charge in [-0.15, -0.1) is 0 Å². The summed E-state index contributed by atoms with van der Waals surface area (Å²) in [6.07, 6.45) is 5.79. The van der Waals surface area contributed by atoms with Gasteiger partial charge in [0.25, 0.3) is 0 Å². The maximum atomic E-state index is 11.8. The molecule has 104 valence electrons. The molecule has 1 rings (SSSR count). The highest BCUT2D eigenvalue weighted by Crippen LogP contribution is 2.18. The maximum Gasteiger partial charge on any atom is 0.173 e. The molecule has 0 fully saturated rings. The number of hydrogen-bond acceptors (Lipinski definition) is 3. The lowest BCUT2D eigenvalue weighted by Gasteiger charge is -2.03. The highest BCUT2D eigenvalue weighted by atomic mass is 16.3. The normalized spacial score (nSPS) is 10.4. The summed E-state index contributed by atoms with van der Waals surface area (Å²) in [6, 6.07) is 6.35. The summed E-state index contributed by atoms with van der Waals surface area (Å²) in [5.74, 6) is -0.385. The van der Waals surface area contributed by atoms with E-state index in [9.17, 15) is 14.7 Å². The van der Waals surface area contributed by atoms with Gasteiger partial charge in [-0.1, -0.05) is 44.7 Å². The Hall–Kier alpha value is -1.64. The molecule has 0 heterocycles. The lowest BCUT2D eigenvalue weighted by molar-refractivity contribution is -0.118. The fraction of sp³-hybridized carbons (Fsp3) is 0.500. The number of phenolic OH excluding ortho intramolecular Hbond substituents is 1. The Morgan fingerprint density at radius 2 is 1.74 bits per heavy atom. The van der Waals surface area contributed by atoms with Crippen molar-refractivity contribution in [3.63, 3.8) is 0 Å². The van der Waals surface area contributed by atoms with Gasteiger partial charge in [-0.2, -0.15) is 0 Å². The molecule has 0 spiro atoms. The second-order valence-corrected chi connectivity index (χ2v) is 4.82. The van der Waals surface area contributed by atoms with Crippen LogP contribution in [0.4, 0.5) is 0 Å². The molecule has 0 aliphatic rings. The summed E-state index contributed by atoms with van der Waals surface area (Å²) in [7, 11) is 0. The van der Waals surface area contributed by atoms with Crippen molar-refractivity contribution in [2.24, 2.45) is 0 Å². The predicted octanol–water partition coefficient (Wildman–Crippen LogP) is 3.89. The van der Waals surface area contributed by atoms with Crippen molar-refractivity contribution in [1.29, 1.82) is 0 Å². The number of hydrogen-bond donors (Lipinski definition) is 1. The van der Waals surface area contributed by atoms with Crippen LogP contribution in [0.1, 0.15) is 62.2 Å². The van der Waals surface area contributed by atoms with Crippen LogP contribution in [0.3, 0.4) is 0 Å². The Morgan fingerprint density at radius 3 is 2.42 bits per heavy atom. The van der Waals surface area contributed by atoms with Gasteiger partial charge < -0.3 is 5.11 Å². The number of Topliss-reactive ketones (excluding diaryl/α,β-unsaturated/α-hetero) is 2. The number of rotatable bonds is 9. The number of unbranched alkanes of at least 4 members (excludes halogenated alkanes) is 4. The van der Waals surface area contributed by atoms with Gasteiger partial charge in [-0.25, -0.2) is 0 Å². The summed E-state index contributed by atoms with van der Waals surface area (Å²) in [5, 5.41) is 9.53. The van der Waals surface area contributed by atoms with Crippen LogP contribution in [0.15, 0.2) is 24.3 Å². The third-order valence-corrected chi connectivity index (χ3v) is 3.12. The molecule has 0 aliphatic carbocycles. The van der Waals surface area contributed by atoms with Crippen LogP contribution < -0.4 is 0 Å². The fourth-order valence-electron chi connectivity index (χ4n) is 2.00. The Labute approximate surface area is 114 Å². The zero-order valence-corrected chi connectivity index (χ0v) is 11.5. The molecule has 1 N–H and O–H groups in total. The highest BCUT2D eigenvalue weighted by molar-refractivity contribution is 6.09. The number of carbonyl (C=O) groups is 2. The van der Waals surface area contributed by atoms with Crippen LogP contribution in [0, 0.1) is 0 Å². The second-order valence-electron chi connectivity index (χ2n) is 4.82. The molecular formula is C16H22O3. The number of para-hydroxylation sites is 1. The third-order valence-electron chi connectivity index (χ3n) is 3.12. The predicted molar refractivity (Wildman–Crippen MR) is 75.4 cm³/mol. The number of phenols is 1. The van der Waals surface area contributed by atoms with Crippen molar-refractivity contribution in [2.45, 2.75) is 51.9 Å². The van der Waals surface area contributed by atoms with Crippen LogP contribution in [-0.2, 0) is 4.79 Å². The first kappa shape index (κ1) is 15.4. The largest absolute Gasteiger partial charge is 0.507 e. The first-order chi connectivity index (χ1) is 9.15. The molecule has 0 saturated carbocycles. The molecule has 0 radical (unpaired) electrons. The van der Waals surface area contributed by atoms with Gasteiger partial charge in [0.05, 0.1) is 12.0 Å². The minimum atomic E-state index is -0.295. The Bertz CT molecular complexity index is 424. The molecule has 3 heteroatoms. The van der Waals surface area contributed by atoms with Gasteiger partial charge in [0.2, 0.25) is 0 Å². The van der Waals surface area contributed by atoms with Crippen molar-refractivity contribution in [1.82, 2.24) is 0 Å². The summed E-state index contributed by atoms with van der Waals surface area (Å²) in [4.78, 5) is 23.5. The molecule has 1 aromatic carbocycles. The van der Waals surface area contributed by atoms with Gasteiger partial charge >= 0.3 is 0 Å². The third kappa shape index (κ3) is 5.69. The van der Waals surface area contributed by atoms with Crippen LogP contribution in [0.5, 0.6) is 5.75 Å². The molecule has 0 aliphatic heterocycles. The molecule has 19 heavy (non-hydrogen) atoms. The topological polar surface area (TPSA) is 54.4 Å². The lowest BCUT2D eigenvalue weighted by Crippen LogP contribution is -2.08. The molecule has 0 unspecified atom stereocenters. The Kier molecular flexibility index (Phi) is 6.86. The molecular weight excluding hydrogens is 240 g/mol. The van der Waals surface area contributed by atoms with Crippen LogP contribution >= 0.6 is 0 Å². The summed E-state index contributed by atoms with van der Waals surface area (Å²) in [6.45, 7) is 2.15. The summed E-state index contributed by atoms with van der Waals surface area (Å²) >= 11 is 0. The molecule has 0 atom stereocenters. The van der Waals surface area contributed by atoms with E-state index in [1.807, 2.05) is 0 Å². The number of aromatic hydroxyl groups is 1. The molecule has 0 amide bonds. The van der Waals surface area contributed by atoms with E-state index in [-0.39, 0.29) is 29.3 Å². The average molecular weight is 262 g/mol. The first-order valence-corrected chi connectivity index (χ1v) is 6.98. The maximum absolute atomic E-state index is 11.8. The number of ketones is 2. The molecule has 0 bridgehead atoms. The fourth-order valence-corrected chi connectivity index (χ4v) is 2.00. The standard InChI is InChI=1S/C16H22O3/c1-2-3-4-5-6-9-13(17)12-16(19)14-10-7-8-11-15(14)18/h7-8,10-11,18H,2-6,9,12H2,1H3. The Morgan fingerprint density at radius 1 is 1.05 bits per heavy atom. The average Bonchev–Trinajstić information content (AvgIpc) is 2.39. The number of carbonyl (C=O) groups excluding carboxylic acids is 2. The monoisotopic (exact) mass is 262 g/mol. The van der Waals surface area contributed by atoms with Crippen molar-refractivity contribution in [3.8, 4) is 5.75 Å². The molecule has 0 aromatic heterocycles. The SMILES string of the molecule is CCCCCCCC(=O)CC(=O)c1ccccc1O. The molecule has 1 aromatic rings. The summed E-state index contributed by atoms with van der Waals surface area (Å²) < 4.78 is 0. The zero-order chi connectivity index (χ0) is 14.1. The first-order valence-electron chi connectivity index (χ1n) is 6.98. The van der Waals surface area contributed by atoms with Crippen molar-refractivity contribution in [2.75, 3.05) is 0 Å². The second kappa shape index (κ2) is 8.46. The van der Waals surface area contributed by atoms with E-state index in [0.29, 0.717) is 6.42 Å². The lowest BCUT2D eigenvalue weighted by atomic mass is 10.0. The van der Waals surface area contributed by atoms with Gasteiger partial charge in [0, 0.05) is 6.42 Å². The Balaban J connectivity index is 2.32. The van der Waals surface area contributed by atoms with Gasteiger partial charge in [-0.3, -0.25) is 9.59 Å². The van der Waals surface area contributed by atoms with E-state index < -0.39 is 0 Å². The van der Waals surface area contributed by atoms with E-state index in [0.717, 1.165) is 19.3 Å². The van der Waals surface area contributed by atoms with Crippen LogP contribution in [-0.4, -0.2) is 16.7 Å². The van der Waals surface area contributed by atoms with Gasteiger partial charge in [0.15, 0.2) is 5.78 Å². The van der Waals surface area contributed by atoms with Crippen molar-refractivity contribution >= 4 is 11.6 Å². The van der Waals surface area contributed by atoms with E-state index in [2.05, 4.69) is 6.92 Å². The van der Waals surface area contributed by atoms with Crippen molar-refractivity contribution in [3.05, 3.63) is 29.8 Å². The smallest absolute Gasteiger partial charge is 0.173 e.